The molecule has 0 fully saturated rings. The summed E-state index contributed by atoms with van der Waals surface area (Å²) < 4.78 is 0. The van der Waals surface area contributed by atoms with Gasteiger partial charge in [0.05, 0.1) is 0 Å². The smallest absolute Gasteiger partial charge is 0.0272 e. The summed E-state index contributed by atoms with van der Waals surface area (Å²) in [5, 5.41) is 0.557. The molecule has 0 saturated carbocycles. The van der Waals surface area contributed by atoms with Gasteiger partial charge in [-0.2, -0.15) is 0 Å². The Bertz CT molecular complexity index is 408. The number of benzene rings is 2. The molecule has 0 heterocycles. The molecule has 0 amide bonds. The molecule has 2 aromatic carbocycles. The maximum Gasteiger partial charge on any atom is 0.0272 e. The number of thioether (sulfide) groups is 1. The summed E-state index contributed by atoms with van der Waals surface area (Å²) in [7, 11) is 0. The van der Waals surface area contributed by atoms with Gasteiger partial charge in [0.25, 0.3) is 0 Å². The minimum Gasteiger partial charge on any atom is -0.149 e. The van der Waals surface area contributed by atoms with Gasteiger partial charge in [-0.05, 0) is 18.1 Å². The van der Waals surface area contributed by atoms with Gasteiger partial charge in [-0.25, -0.2) is 0 Å². The molecule has 0 bridgehead atoms. The number of hydrogen-bond acceptors (Lipinski definition) is 1. The first-order valence-electron chi connectivity index (χ1n) is 5.57. The van der Waals surface area contributed by atoms with Crippen LogP contribution in [0, 0.1) is 0 Å². The van der Waals surface area contributed by atoms with Crippen LogP contribution in [0.3, 0.4) is 0 Å². The van der Waals surface area contributed by atoms with Crippen LogP contribution in [0.4, 0.5) is 0 Å². The van der Waals surface area contributed by atoms with Crippen molar-refractivity contribution in [3.63, 3.8) is 0 Å². The fraction of sp³-hybridized carbons (Fsp3) is 0.200. The molecule has 0 aliphatic heterocycles. The lowest BCUT2D eigenvalue weighted by molar-refractivity contribution is 1.09. The average molecular weight is 228 g/mol. The van der Waals surface area contributed by atoms with Crippen LogP contribution in [0.25, 0.3) is 0 Å². The van der Waals surface area contributed by atoms with Crippen molar-refractivity contribution >= 4 is 11.8 Å². The summed E-state index contributed by atoms with van der Waals surface area (Å²) in [6.45, 7) is 2.27. The molecule has 0 unspecified atom stereocenters. The Kier molecular flexibility index (Phi) is 4.06. The first-order valence-corrected chi connectivity index (χ1v) is 6.61. The van der Waals surface area contributed by atoms with Gasteiger partial charge in [-0.3, -0.25) is 0 Å². The fourth-order valence-electron chi connectivity index (χ4n) is 1.62. The maximum atomic E-state index is 2.27. The van der Waals surface area contributed by atoms with Crippen molar-refractivity contribution in [3.8, 4) is 0 Å². The van der Waals surface area contributed by atoms with E-state index in [1.165, 1.54) is 11.1 Å². The summed E-state index contributed by atoms with van der Waals surface area (Å²) in [5.74, 6) is 1.08. The highest BCUT2D eigenvalue weighted by atomic mass is 32.2. The van der Waals surface area contributed by atoms with E-state index in [-0.39, 0.29) is 0 Å². The molecule has 2 rings (SSSR count). The SMILES string of the molecule is C[C@H](SCc1ccccc1)c1ccccc1. The Balaban J connectivity index is 1.92. The van der Waals surface area contributed by atoms with E-state index in [2.05, 4.69) is 67.6 Å². The second kappa shape index (κ2) is 5.76. The van der Waals surface area contributed by atoms with Crippen molar-refractivity contribution in [1.82, 2.24) is 0 Å². The highest BCUT2D eigenvalue weighted by molar-refractivity contribution is 7.98. The normalized spacial score (nSPS) is 12.3. The Labute approximate surface area is 102 Å². The molecule has 1 heteroatoms. The van der Waals surface area contributed by atoms with Gasteiger partial charge in [0.15, 0.2) is 0 Å². The Hall–Kier alpha value is -1.21. The van der Waals surface area contributed by atoms with Gasteiger partial charge in [0.2, 0.25) is 0 Å². The minimum absolute atomic E-state index is 0.557. The van der Waals surface area contributed by atoms with Crippen LogP contribution in [0.1, 0.15) is 23.3 Å². The van der Waals surface area contributed by atoms with Crippen molar-refractivity contribution in [2.24, 2.45) is 0 Å². The largest absolute Gasteiger partial charge is 0.149 e. The zero-order chi connectivity index (χ0) is 11.2. The van der Waals surface area contributed by atoms with Crippen molar-refractivity contribution < 1.29 is 0 Å². The monoisotopic (exact) mass is 228 g/mol. The maximum absolute atomic E-state index is 2.27. The van der Waals surface area contributed by atoms with E-state index in [0.29, 0.717) is 5.25 Å². The van der Waals surface area contributed by atoms with Crippen LogP contribution in [-0.2, 0) is 5.75 Å². The predicted octanol–water partition coefficient (Wildman–Crippen LogP) is 4.68. The second-order valence-corrected chi connectivity index (χ2v) is 5.18. The summed E-state index contributed by atoms with van der Waals surface area (Å²) in [4.78, 5) is 0. The quantitative estimate of drug-likeness (QED) is 0.732. The predicted molar refractivity (Wildman–Crippen MR) is 72.6 cm³/mol. The van der Waals surface area contributed by atoms with E-state index in [9.17, 15) is 0 Å². The molecule has 0 N–H and O–H groups in total. The third-order valence-electron chi connectivity index (χ3n) is 2.61. The zero-order valence-electron chi connectivity index (χ0n) is 9.47. The fourth-order valence-corrected chi connectivity index (χ4v) is 2.60. The molecular formula is C15H16S. The van der Waals surface area contributed by atoms with Gasteiger partial charge in [-0.15, -0.1) is 11.8 Å². The van der Waals surface area contributed by atoms with E-state index >= 15 is 0 Å². The van der Waals surface area contributed by atoms with Gasteiger partial charge in [0.1, 0.15) is 0 Å². The first kappa shape index (κ1) is 11.3. The summed E-state index contributed by atoms with van der Waals surface area (Å²) in [6, 6.07) is 21.3. The van der Waals surface area contributed by atoms with Crippen LogP contribution >= 0.6 is 11.8 Å². The van der Waals surface area contributed by atoms with Gasteiger partial charge in [0, 0.05) is 11.0 Å². The Morgan fingerprint density at radius 3 is 2.06 bits per heavy atom. The van der Waals surface area contributed by atoms with Crippen LogP contribution < -0.4 is 0 Å². The Morgan fingerprint density at radius 2 is 1.44 bits per heavy atom. The molecular weight excluding hydrogens is 212 g/mol. The average Bonchev–Trinajstić information content (AvgIpc) is 2.38. The van der Waals surface area contributed by atoms with Crippen LogP contribution in [-0.4, -0.2) is 0 Å². The summed E-state index contributed by atoms with van der Waals surface area (Å²) in [6.07, 6.45) is 0. The standard InChI is InChI=1S/C15H16S/c1-13(15-10-6-3-7-11-15)16-12-14-8-4-2-5-9-14/h2-11,13H,12H2,1H3/t13-/m0/s1. The Morgan fingerprint density at radius 1 is 0.875 bits per heavy atom. The third-order valence-corrected chi connectivity index (χ3v) is 3.88. The lowest BCUT2D eigenvalue weighted by Gasteiger charge is -2.11. The molecule has 0 radical (unpaired) electrons. The van der Waals surface area contributed by atoms with Crippen LogP contribution in [0.5, 0.6) is 0 Å². The van der Waals surface area contributed by atoms with Crippen molar-refractivity contribution in [2.45, 2.75) is 17.9 Å². The minimum atomic E-state index is 0.557. The van der Waals surface area contributed by atoms with Crippen molar-refractivity contribution in [2.75, 3.05) is 0 Å². The number of hydrogen-bond donors (Lipinski definition) is 0. The first-order chi connectivity index (χ1) is 7.86. The van der Waals surface area contributed by atoms with Crippen LogP contribution in [0.15, 0.2) is 60.7 Å². The molecule has 0 aliphatic rings. The highest BCUT2D eigenvalue weighted by Gasteiger charge is 2.04. The topological polar surface area (TPSA) is 0 Å². The molecule has 0 saturated heterocycles. The van der Waals surface area contributed by atoms with E-state index in [1.54, 1.807) is 0 Å². The van der Waals surface area contributed by atoms with Crippen LogP contribution in [0.2, 0.25) is 0 Å². The summed E-state index contributed by atoms with van der Waals surface area (Å²) >= 11 is 1.98. The third kappa shape index (κ3) is 3.14. The van der Waals surface area contributed by atoms with E-state index < -0.39 is 0 Å². The van der Waals surface area contributed by atoms with Gasteiger partial charge in [-0.1, -0.05) is 60.7 Å². The van der Waals surface area contributed by atoms with Gasteiger partial charge >= 0.3 is 0 Å². The highest BCUT2D eigenvalue weighted by Crippen LogP contribution is 2.30. The molecule has 1 atom stereocenters. The van der Waals surface area contributed by atoms with Gasteiger partial charge < -0.3 is 0 Å². The molecule has 0 aliphatic carbocycles. The molecule has 2 aromatic rings. The number of rotatable bonds is 4. The molecule has 16 heavy (non-hydrogen) atoms. The lowest BCUT2D eigenvalue weighted by atomic mass is 10.2. The lowest BCUT2D eigenvalue weighted by Crippen LogP contribution is -1.89. The van der Waals surface area contributed by atoms with Crippen molar-refractivity contribution in [3.05, 3.63) is 71.8 Å². The molecule has 82 valence electrons. The van der Waals surface area contributed by atoms with E-state index in [1.807, 2.05) is 11.8 Å². The molecule has 0 spiro atoms. The second-order valence-electron chi connectivity index (χ2n) is 3.85. The van der Waals surface area contributed by atoms with Crippen molar-refractivity contribution in [1.29, 1.82) is 0 Å². The molecule has 0 nitrogen and oxygen atoms in total. The van der Waals surface area contributed by atoms with E-state index in [4.69, 9.17) is 0 Å². The molecule has 0 aromatic heterocycles. The summed E-state index contributed by atoms with van der Waals surface area (Å²) in [5.41, 5.74) is 2.80. The van der Waals surface area contributed by atoms with E-state index in [0.717, 1.165) is 5.75 Å². The zero-order valence-corrected chi connectivity index (χ0v) is 10.3.